The van der Waals surface area contributed by atoms with Crippen LogP contribution in [0.2, 0.25) is 0 Å². The van der Waals surface area contributed by atoms with E-state index in [9.17, 15) is 4.79 Å². The lowest BCUT2D eigenvalue weighted by atomic mass is 10.1. The molecule has 2 aromatic rings. The van der Waals surface area contributed by atoms with Crippen LogP contribution >= 0.6 is 0 Å². The highest BCUT2D eigenvalue weighted by Gasteiger charge is 2.12. The summed E-state index contributed by atoms with van der Waals surface area (Å²) in [4.78, 5) is 12.0. The summed E-state index contributed by atoms with van der Waals surface area (Å²) in [6.45, 7) is 6.06. The Morgan fingerprint density at radius 2 is 2.17 bits per heavy atom. The lowest BCUT2D eigenvalue weighted by Crippen LogP contribution is -2.41. The Balaban J connectivity index is 1.82. The van der Waals surface area contributed by atoms with Gasteiger partial charge in [-0.2, -0.15) is 0 Å². The van der Waals surface area contributed by atoms with Gasteiger partial charge < -0.3 is 19.9 Å². The van der Waals surface area contributed by atoms with Crippen LogP contribution in [0.25, 0.3) is 0 Å². The molecule has 0 saturated carbocycles. The lowest BCUT2D eigenvalue weighted by Gasteiger charge is -2.15. The van der Waals surface area contributed by atoms with Crippen LogP contribution in [0.4, 0.5) is 4.79 Å². The highest BCUT2D eigenvalue weighted by molar-refractivity contribution is 5.74. The van der Waals surface area contributed by atoms with Crippen LogP contribution in [-0.2, 0) is 13.0 Å². The number of hydrogen-bond donors (Lipinski definition) is 2. The van der Waals surface area contributed by atoms with Gasteiger partial charge in [-0.25, -0.2) is 4.79 Å². The minimum absolute atomic E-state index is 0.00627. The number of urea groups is 1. The molecule has 2 amide bonds. The van der Waals surface area contributed by atoms with Gasteiger partial charge in [-0.3, -0.25) is 0 Å². The van der Waals surface area contributed by atoms with Crippen molar-refractivity contribution in [2.75, 3.05) is 7.11 Å². The van der Waals surface area contributed by atoms with Gasteiger partial charge in [-0.15, -0.1) is 0 Å². The molecule has 0 aliphatic heterocycles. The number of carbonyl (C=O) groups excluding carboxylic acids is 1. The Morgan fingerprint density at radius 3 is 2.83 bits per heavy atom. The van der Waals surface area contributed by atoms with E-state index in [2.05, 4.69) is 15.8 Å². The van der Waals surface area contributed by atoms with Crippen LogP contribution in [0.1, 0.15) is 29.5 Å². The number of ether oxygens (including phenoxy) is 1. The van der Waals surface area contributed by atoms with Crippen molar-refractivity contribution >= 4 is 6.03 Å². The molecule has 1 unspecified atom stereocenters. The number of carbonyl (C=O) groups is 1. The van der Waals surface area contributed by atoms with Gasteiger partial charge in [0.05, 0.1) is 12.8 Å². The number of aromatic nitrogens is 1. The summed E-state index contributed by atoms with van der Waals surface area (Å²) in [5.41, 5.74) is 2.83. The van der Waals surface area contributed by atoms with Crippen LogP contribution in [0.3, 0.4) is 0 Å². The Kier molecular flexibility index (Phi) is 5.62. The summed E-state index contributed by atoms with van der Waals surface area (Å²) < 4.78 is 10.3. The molecular weight excluding hydrogens is 294 g/mol. The summed E-state index contributed by atoms with van der Waals surface area (Å²) in [7, 11) is 1.64. The second-order valence-corrected chi connectivity index (χ2v) is 5.59. The molecule has 1 atom stereocenters. The number of aryl methyl sites for hydroxylation is 2. The van der Waals surface area contributed by atoms with Gasteiger partial charge >= 0.3 is 6.03 Å². The zero-order chi connectivity index (χ0) is 16.8. The third kappa shape index (κ3) is 4.74. The number of amides is 2. The van der Waals surface area contributed by atoms with Gasteiger partial charge in [0.1, 0.15) is 11.5 Å². The number of nitrogens with zero attached hydrogens (tertiary/aromatic N) is 1. The van der Waals surface area contributed by atoms with Gasteiger partial charge in [-0.1, -0.05) is 17.3 Å². The Labute approximate surface area is 136 Å². The average molecular weight is 317 g/mol. The second kappa shape index (κ2) is 7.67. The van der Waals surface area contributed by atoms with Gasteiger partial charge in [0.15, 0.2) is 0 Å². The third-order valence-electron chi connectivity index (χ3n) is 3.66. The van der Waals surface area contributed by atoms with Crippen molar-refractivity contribution in [3.8, 4) is 5.75 Å². The van der Waals surface area contributed by atoms with Gasteiger partial charge in [-0.05, 0) is 44.9 Å². The highest BCUT2D eigenvalue weighted by atomic mass is 16.5. The van der Waals surface area contributed by atoms with E-state index in [4.69, 9.17) is 9.26 Å². The van der Waals surface area contributed by atoms with Gasteiger partial charge in [0, 0.05) is 18.2 Å². The lowest BCUT2D eigenvalue weighted by molar-refractivity contribution is 0.237. The molecule has 0 radical (unpaired) electrons. The van der Waals surface area contributed by atoms with Gasteiger partial charge in [0.2, 0.25) is 0 Å². The number of methoxy groups -OCH3 is 1. The number of benzene rings is 1. The molecule has 6 nitrogen and oxygen atoms in total. The minimum atomic E-state index is -0.208. The van der Waals surface area contributed by atoms with Crippen LogP contribution in [0.5, 0.6) is 5.75 Å². The topological polar surface area (TPSA) is 76.4 Å². The number of rotatable bonds is 6. The second-order valence-electron chi connectivity index (χ2n) is 5.59. The van der Waals surface area contributed by atoms with Crippen LogP contribution in [0, 0.1) is 13.8 Å². The van der Waals surface area contributed by atoms with Gasteiger partial charge in [0.25, 0.3) is 0 Å². The third-order valence-corrected chi connectivity index (χ3v) is 3.66. The Bertz CT molecular complexity index is 647. The average Bonchev–Trinajstić information content (AvgIpc) is 2.84. The molecule has 124 valence electrons. The SMILES string of the molecule is COc1cccc(CC(C)NC(=O)NCc2c(C)noc2C)c1. The maximum absolute atomic E-state index is 12.0. The molecule has 0 spiro atoms. The first-order valence-electron chi connectivity index (χ1n) is 7.58. The van der Waals surface area contributed by atoms with Crippen molar-refractivity contribution < 1.29 is 14.1 Å². The predicted octanol–water partition coefficient (Wildman–Crippen LogP) is 2.73. The molecule has 0 fully saturated rings. The first-order valence-corrected chi connectivity index (χ1v) is 7.58. The summed E-state index contributed by atoms with van der Waals surface area (Å²) in [5.74, 6) is 1.55. The molecule has 23 heavy (non-hydrogen) atoms. The summed E-state index contributed by atoms with van der Waals surface area (Å²) in [6.07, 6.45) is 0.732. The van der Waals surface area contributed by atoms with E-state index in [1.54, 1.807) is 7.11 Å². The zero-order valence-electron chi connectivity index (χ0n) is 14.0. The Hall–Kier alpha value is -2.50. The highest BCUT2D eigenvalue weighted by Crippen LogP contribution is 2.14. The van der Waals surface area contributed by atoms with Crippen molar-refractivity contribution in [2.45, 2.75) is 39.8 Å². The molecule has 0 bridgehead atoms. The number of hydrogen-bond acceptors (Lipinski definition) is 4. The summed E-state index contributed by atoms with van der Waals surface area (Å²) in [6, 6.07) is 7.63. The Morgan fingerprint density at radius 1 is 1.39 bits per heavy atom. The standard InChI is InChI=1S/C17H23N3O3/c1-11(8-14-6-5-7-15(9-14)22-4)19-17(21)18-10-16-12(2)20-23-13(16)3/h5-7,9,11H,8,10H2,1-4H3,(H2,18,19,21). The molecule has 0 saturated heterocycles. The first-order chi connectivity index (χ1) is 11.0. The van der Waals surface area contributed by atoms with E-state index >= 15 is 0 Å². The molecule has 0 aliphatic carbocycles. The maximum Gasteiger partial charge on any atom is 0.315 e. The fourth-order valence-corrected chi connectivity index (χ4v) is 2.40. The van der Waals surface area contributed by atoms with Crippen LogP contribution in [0.15, 0.2) is 28.8 Å². The van der Waals surface area contributed by atoms with Crippen LogP contribution in [-0.4, -0.2) is 24.3 Å². The smallest absolute Gasteiger partial charge is 0.315 e. The molecule has 6 heteroatoms. The largest absolute Gasteiger partial charge is 0.497 e. The van der Waals surface area contributed by atoms with E-state index in [0.29, 0.717) is 6.54 Å². The monoisotopic (exact) mass is 317 g/mol. The fraction of sp³-hybridized carbons (Fsp3) is 0.412. The summed E-state index contributed by atoms with van der Waals surface area (Å²) in [5, 5.41) is 9.63. The van der Waals surface area contributed by atoms with E-state index < -0.39 is 0 Å². The van der Waals surface area contributed by atoms with Crippen molar-refractivity contribution in [1.82, 2.24) is 15.8 Å². The van der Waals surface area contributed by atoms with Crippen LogP contribution < -0.4 is 15.4 Å². The maximum atomic E-state index is 12.0. The van der Waals surface area contributed by atoms with Crippen molar-refractivity contribution in [2.24, 2.45) is 0 Å². The molecule has 1 heterocycles. The van der Waals surface area contributed by atoms with E-state index in [1.807, 2.05) is 45.0 Å². The fourth-order valence-electron chi connectivity index (χ4n) is 2.40. The van der Waals surface area contributed by atoms with Crippen molar-refractivity contribution in [3.63, 3.8) is 0 Å². The molecule has 2 rings (SSSR count). The minimum Gasteiger partial charge on any atom is -0.497 e. The van der Waals surface area contributed by atoms with Crippen molar-refractivity contribution in [1.29, 1.82) is 0 Å². The predicted molar refractivity (Wildman–Crippen MR) is 87.5 cm³/mol. The summed E-state index contributed by atoms with van der Waals surface area (Å²) >= 11 is 0. The van der Waals surface area contributed by atoms with E-state index in [1.165, 1.54) is 0 Å². The molecule has 0 aliphatic rings. The van der Waals surface area contributed by atoms with Crippen molar-refractivity contribution in [3.05, 3.63) is 46.8 Å². The normalized spacial score (nSPS) is 11.8. The van der Waals surface area contributed by atoms with E-state index in [-0.39, 0.29) is 12.1 Å². The van der Waals surface area contributed by atoms with E-state index in [0.717, 1.165) is 34.8 Å². The molecule has 2 N–H and O–H groups in total. The number of nitrogens with one attached hydrogen (secondary N) is 2. The zero-order valence-corrected chi connectivity index (χ0v) is 14.0. The quantitative estimate of drug-likeness (QED) is 0.859. The molecule has 1 aromatic heterocycles. The first kappa shape index (κ1) is 16.9. The molecule has 1 aromatic carbocycles. The molecular formula is C17H23N3O3.